The van der Waals surface area contributed by atoms with Crippen LogP contribution in [0.3, 0.4) is 0 Å². The third-order valence-electron chi connectivity index (χ3n) is 2.39. The van der Waals surface area contributed by atoms with Crippen LogP contribution in [-0.4, -0.2) is 28.0 Å². The van der Waals surface area contributed by atoms with Gasteiger partial charge in [0.1, 0.15) is 0 Å². The quantitative estimate of drug-likeness (QED) is 0.732. The van der Waals surface area contributed by atoms with Crippen molar-refractivity contribution >= 4 is 10.0 Å². The maximum atomic E-state index is 12.2. The molecule has 90 valence electrons. The second-order valence-corrected chi connectivity index (χ2v) is 5.56. The number of rotatable bonds is 2. The van der Waals surface area contributed by atoms with Gasteiger partial charge in [0.2, 0.25) is 0 Å². The largest absolute Gasteiger partial charge is 0.330 e. The number of tetrazole rings is 1. The van der Waals surface area contributed by atoms with Gasteiger partial charge in [0, 0.05) is 0 Å². The van der Waals surface area contributed by atoms with Gasteiger partial charge < -0.3 is 9.19 Å². The Morgan fingerprint density at radius 1 is 1.18 bits per heavy atom. The monoisotopic (exact) mass is 251 g/mol. The first-order chi connectivity index (χ1) is 7.93. The summed E-state index contributed by atoms with van der Waals surface area (Å²) in [5.41, 5.74) is 2.36. The van der Waals surface area contributed by atoms with Gasteiger partial charge >= 0.3 is 0 Å². The van der Waals surface area contributed by atoms with Crippen LogP contribution >= 0.6 is 0 Å². The highest BCUT2D eigenvalue weighted by Crippen LogP contribution is 2.22. The number of nitrogens with zero attached hydrogens (tertiary/aromatic N) is 4. The van der Waals surface area contributed by atoms with Crippen molar-refractivity contribution in [3.05, 3.63) is 35.2 Å². The SMILES string of the molecule is Cc1cc(C)c(S(=O)(=O)n2[c-]nnn2)c(C)c1. The molecule has 2 aromatic rings. The number of benzene rings is 1. The molecule has 0 unspecified atom stereocenters. The number of aryl methyl sites for hydroxylation is 3. The van der Waals surface area contributed by atoms with E-state index in [-0.39, 0.29) is 4.90 Å². The molecule has 17 heavy (non-hydrogen) atoms. The Labute approximate surface area is 99.3 Å². The lowest BCUT2D eigenvalue weighted by atomic mass is 10.1. The smallest absolute Gasteiger partial charge is 0.255 e. The highest BCUT2D eigenvalue weighted by molar-refractivity contribution is 7.90. The lowest BCUT2D eigenvalue weighted by Crippen LogP contribution is -2.16. The van der Waals surface area contributed by atoms with E-state index >= 15 is 0 Å². The van der Waals surface area contributed by atoms with Crippen LogP contribution in [0.2, 0.25) is 0 Å². The standard InChI is InChI=1S/C10H11N4O2S/c1-7-4-8(2)10(9(3)5-7)17(15,16)14-6-11-12-13-14/h4-5H,1-3H3/q-1. The van der Waals surface area contributed by atoms with E-state index in [2.05, 4.69) is 21.9 Å². The second-order valence-electron chi connectivity index (χ2n) is 3.85. The minimum atomic E-state index is -3.75. The van der Waals surface area contributed by atoms with Crippen LogP contribution in [0.5, 0.6) is 0 Å². The molecular formula is C10H11N4O2S-. The van der Waals surface area contributed by atoms with Gasteiger partial charge in [0.15, 0.2) is 0 Å². The zero-order valence-electron chi connectivity index (χ0n) is 9.67. The van der Waals surface area contributed by atoms with E-state index in [4.69, 9.17) is 0 Å². The molecule has 0 fully saturated rings. The minimum Gasteiger partial charge on any atom is -0.330 e. The molecule has 7 heteroatoms. The van der Waals surface area contributed by atoms with Crippen LogP contribution < -0.4 is 0 Å². The van der Waals surface area contributed by atoms with Gasteiger partial charge in [-0.25, -0.2) is 14.7 Å². The molecule has 0 radical (unpaired) electrons. The summed E-state index contributed by atoms with van der Waals surface area (Å²) in [6.45, 7) is 5.41. The van der Waals surface area contributed by atoms with Gasteiger partial charge in [-0.15, -0.1) is 0 Å². The molecule has 0 aliphatic heterocycles. The fourth-order valence-corrected chi connectivity index (χ4v) is 3.27. The molecule has 0 saturated carbocycles. The predicted molar refractivity (Wildman–Crippen MR) is 59.9 cm³/mol. The number of hydrogen-bond donors (Lipinski definition) is 0. The molecule has 0 N–H and O–H groups in total. The van der Waals surface area contributed by atoms with Crippen LogP contribution in [-0.2, 0) is 10.0 Å². The summed E-state index contributed by atoms with van der Waals surface area (Å²) in [6.07, 6.45) is 2.20. The lowest BCUT2D eigenvalue weighted by molar-refractivity contribution is 0.575. The molecular weight excluding hydrogens is 240 g/mol. The third kappa shape index (κ3) is 1.93. The fourth-order valence-electron chi connectivity index (χ4n) is 1.90. The van der Waals surface area contributed by atoms with Crippen LogP contribution in [0.25, 0.3) is 0 Å². The van der Waals surface area contributed by atoms with Crippen LogP contribution in [0.1, 0.15) is 16.7 Å². The molecule has 0 amide bonds. The summed E-state index contributed by atoms with van der Waals surface area (Å²) in [6, 6.07) is 3.62. The van der Waals surface area contributed by atoms with Crippen molar-refractivity contribution in [3.63, 3.8) is 0 Å². The Hall–Kier alpha value is -1.76. The minimum absolute atomic E-state index is 0.228. The first-order valence-corrected chi connectivity index (χ1v) is 6.36. The lowest BCUT2D eigenvalue weighted by Gasteiger charge is -2.14. The normalized spacial score (nSPS) is 11.7. The topological polar surface area (TPSA) is 77.7 Å². The first kappa shape index (κ1) is 11.7. The Morgan fingerprint density at radius 2 is 1.76 bits per heavy atom. The molecule has 1 aromatic carbocycles. The summed E-state index contributed by atoms with van der Waals surface area (Å²) in [4.78, 5) is 0.228. The van der Waals surface area contributed by atoms with Crippen LogP contribution in [0.15, 0.2) is 17.0 Å². The van der Waals surface area contributed by atoms with Crippen molar-refractivity contribution in [3.8, 4) is 0 Å². The molecule has 0 spiro atoms. The molecule has 1 heterocycles. The predicted octanol–water partition coefficient (Wildman–Crippen LogP) is 0.636. The molecule has 0 bridgehead atoms. The fraction of sp³-hybridized carbons (Fsp3) is 0.300. The third-order valence-corrected chi connectivity index (χ3v) is 4.16. The molecule has 0 saturated heterocycles. The Bertz CT molecular complexity index is 624. The van der Waals surface area contributed by atoms with Crippen molar-refractivity contribution in [2.45, 2.75) is 25.7 Å². The highest BCUT2D eigenvalue weighted by Gasteiger charge is 2.19. The van der Waals surface area contributed by atoms with Crippen LogP contribution in [0.4, 0.5) is 0 Å². The molecule has 2 rings (SSSR count). The number of hydrogen-bond acceptors (Lipinski definition) is 5. The average molecular weight is 251 g/mol. The van der Waals surface area contributed by atoms with Crippen molar-refractivity contribution in [2.75, 3.05) is 0 Å². The van der Waals surface area contributed by atoms with E-state index in [1.54, 1.807) is 13.8 Å². The summed E-state index contributed by atoms with van der Waals surface area (Å²) in [7, 11) is -3.75. The van der Waals surface area contributed by atoms with E-state index < -0.39 is 10.0 Å². The van der Waals surface area contributed by atoms with Crippen LogP contribution in [0, 0.1) is 27.1 Å². The van der Waals surface area contributed by atoms with E-state index in [0.29, 0.717) is 15.2 Å². The van der Waals surface area contributed by atoms with Gasteiger partial charge in [0.05, 0.1) is 4.90 Å². The molecule has 6 nitrogen and oxygen atoms in total. The molecule has 0 atom stereocenters. The molecule has 1 aromatic heterocycles. The molecule has 0 aliphatic carbocycles. The summed E-state index contributed by atoms with van der Waals surface area (Å²) in [5.74, 6) is 0. The highest BCUT2D eigenvalue weighted by atomic mass is 32.2. The Kier molecular flexibility index (Phi) is 2.70. The van der Waals surface area contributed by atoms with Crippen molar-refractivity contribution in [1.29, 1.82) is 0 Å². The van der Waals surface area contributed by atoms with Gasteiger partial charge in [-0.1, -0.05) is 28.1 Å². The summed E-state index contributed by atoms with van der Waals surface area (Å²) in [5, 5.41) is 9.89. The zero-order valence-corrected chi connectivity index (χ0v) is 10.5. The average Bonchev–Trinajstić information content (AvgIpc) is 2.67. The van der Waals surface area contributed by atoms with Gasteiger partial charge in [-0.05, 0) is 31.9 Å². The Morgan fingerprint density at radius 3 is 2.24 bits per heavy atom. The maximum Gasteiger partial charge on any atom is 0.255 e. The van der Waals surface area contributed by atoms with Crippen molar-refractivity contribution in [2.24, 2.45) is 0 Å². The van der Waals surface area contributed by atoms with Gasteiger partial charge in [-0.3, -0.25) is 0 Å². The Balaban J connectivity index is 2.71. The second kappa shape index (κ2) is 3.92. The van der Waals surface area contributed by atoms with Crippen molar-refractivity contribution in [1.82, 2.24) is 19.6 Å². The van der Waals surface area contributed by atoms with Gasteiger partial charge in [0.25, 0.3) is 10.0 Å². The molecule has 0 aliphatic rings. The van der Waals surface area contributed by atoms with Crippen molar-refractivity contribution < 1.29 is 8.42 Å². The summed E-state index contributed by atoms with van der Waals surface area (Å²) < 4.78 is 25.1. The van der Waals surface area contributed by atoms with Gasteiger partial charge in [-0.2, -0.15) is 0 Å². The summed E-state index contributed by atoms with van der Waals surface area (Å²) >= 11 is 0. The first-order valence-electron chi connectivity index (χ1n) is 4.92. The van der Waals surface area contributed by atoms with E-state index in [9.17, 15) is 8.42 Å². The van der Waals surface area contributed by atoms with E-state index in [0.717, 1.165) is 5.56 Å². The van der Waals surface area contributed by atoms with E-state index in [1.807, 2.05) is 19.1 Å². The maximum absolute atomic E-state index is 12.2. The zero-order chi connectivity index (χ0) is 12.6. The van der Waals surface area contributed by atoms with E-state index in [1.165, 1.54) is 0 Å². The number of aromatic nitrogens is 4.